The fraction of sp³-hybridized carbons (Fsp3) is 0.294. The number of rotatable bonds is 3. The molecule has 3 rings (SSSR count). The first kappa shape index (κ1) is 13.9. The highest BCUT2D eigenvalue weighted by atomic mass is 31.1. The molecule has 1 heterocycles. The van der Waals surface area contributed by atoms with Gasteiger partial charge in [0.25, 0.3) is 0 Å². The Hall–Kier alpha value is -1.11. The van der Waals surface area contributed by atoms with Gasteiger partial charge < -0.3 is 5.11 Å². The second-order valence-electron chi connectivity index (χ2n) is 5.51. The zero-order valence-electron chi connectivity index (χ0n) is 11.8. The third-order valence-corrected chi connectivity index (χ3v) is 7.65. The minimum Gasteiger partial charge on any atom is -0.398 e. The lowest BCUT2D eigenvalue weighted by molar-refractivity contribution is 0.331. The highest BCUT2D eigenvalue weighted by molar-refractivity contribution is 7.60. The molecule has 0 amide bonds. The number of aliphatic hydroxyl groups is 1. The van der Waals surface area contributed by atoms with E-state index in [1.54, 1.807) is 0 Å². The fourth-order valence-corrected chi connectivity index (χ4v) is 6.78. The smallest absolute Gasteiger partial charge is 0.144 e. The van der Waals surface area contributed by atoms with Gasteiger partial charge in [0.05, 0.1) is 0 Å². The summed E-state index contributed by atoms with van der Waals surface area (Å²) in [6.07, 6.45) is 2.39. The summed E-state index contributed by atoms with van der Waals surface area (Å²) in [5, 5.41) is 10.3. The van der Waals surface area contributed by atoms with Crippen LogP contribution < -0.4 is 0 Å². The molecule has 1 nitrogen and oxygen atoms in total. The Bertz CT molecular complexity index is 496. The number of aliphatic hydroxyl groups excluding tert-OH is 1. The van der Waals surface area contributed by atoms with Crippen LogP contribution in [-0.4, -0.2) is 18.7 Å². The van der Waals surface area contributed by atoms with Crippen LogP contribution in [0.5, 0.6) is 0 Å². The molecular formula is C17H20BOP. The van der Waals surface area contributed by atoms with Crippen LogP contribution in [0.4, 0.5) is 0 Å². The van der Waals surface area contributed by atoms with E-state index in [0.717, 1.165) is 0 Å². The number of hydrogen-bond acceptors (Lipinski definition) is 1. The summed E-state index contributed by atoms with van der Waals surface area (Å²) in [5.41, 5.74) is 3.88. The van der Waals surface area contributed by atoms with Gasteiger partial charge in [0.15, 0.2) is 0 Å². The molecule has 1 aliphatic rings. The number of benzene rings is 2. The Labute approximate surface area is 123 Å². The lowest BCUT2D eigenvalue weighted by atomic mass is 10.0. The van der Waals surface area contributed by atoms with E-state index in [1.807, 2.05) is 7.85 Å². The summed E-state index contributed by atoms with van der Waals surface area (Å²) in [6, 6.07) is 21.5. The van der Waals surface area contributed by atoms with E-state index in [4.69, 9.17) is 0 Å². The van der Waals surface area contributed by atoms with E-state index in [-0.39, 0.29) is 5.74 Å². The quantitative estimate of drug-likeness (QED) is 0.673. The zero-order chi connectivity index (χ0) is 13.9. The monoisotopic (exact) mass is 282 g/mol. The summed E-state index contributed by atoms with van der Waals surface area (Å²) in [7, 11) is 1.55. The Morgan fingerprint density at radius 3 is 1.60 bits per heavy atom. The maximum atomic E-state index is 10.3. The van der Waals surface area contributed by atoms with Crippen molar-refractivity contribution in [2.45, 2.75) is 29.9 Å². The van der Waals surface area contributed by atoms with Crippen LogP contribution in [0.1, 0.15) is 35.3 Å². The van der Waals surface area contributed by atoms with Crippen molar-refractivity contribution in [3.05, 3.63) is 71.8 Å². The first-order valence-corrected chi connectivity index (χ1v) is 8.87. The average molecular weight is 282 g/mol. The topological polar surface area (TPSA) is 20.2 Å². The molecular weight excluding hydrogens is 262 g/mol. The maximum Gasteiger partial charge on any atom is 0.144 e. The van der Waals surface area contributed by atoms with Gasteiger partial charge in [-0.15, -0.1) is 0 Å². The normalized spacial score (nSPS) is 24.6. The lowest BCUT2D eigenvalue weighted by Crippen LogP contribution is -2.09. The van der Waals surface area contributed by atoms with Crippen molar-refractivity contribution in [3.63, 3.8) is 0 Å². The molecule has 0 bridgehead atoms. The first-order valence-electron chi connectivity index (χ1n) is 7.33. The predicted molar refractivity (Wildman–Crippen MR) is 89.1 cm³/mol. The Morgan fingerprint density at radius 2 is 1.25 bits per heavy atom. The van der Waals surface area contributed by atoms with Crippen LogP contribution in [0.3, 0.4) is 0 Å². The second kappa shape index (κ2) is 6.12. The second-order valence-corrected chi connectivity index (χ2v) is 8.40. The minimum absolute atomic E-state index is 0.206. The van der Waals surface area contributed by atoms with Crippen LogP contribution in [-0.2, 0) is 0 Å². The van der Waals surface area contributed by atoms with Gasteiger partial charge in [0.1, 0.15) is 7.85 Å². The predicted octanol–water partition coefficient (Wildman–Crippen LogP) is 3.65. The van der Waals surface area contributed by atoms with Crippen LogP contribution in [0, 0.1) is 0 Å². The molecule has 0 radical (unpaired) electrons. The number of hydrogen-bond donors (Lipinski definition) is 1. The van der Waals surface area contributed by atoms with Gasteiger partial charge in [0, 0.05) is 17.1 Å². The van der Waals surface area contributed by atoms with Crippen molar-refractivity contribution in [1.82, 2.24) is 0 Å². The maximum absolute atomic E-state index is 10.3. The molecule has 3 heteroatoms. The summed E-state index contributed by atoms with van der Waals surface area (Å²) in [4.78, 5) is 0. The van der Waals surface area contributed by atoms with Gasteiger partial charge in [-0.3, -0.25) is 0 Å². The molecule has 2 aromatic rings. The molecule has 0 aromatic heterocycles. The molecule has 0 spiro atoms. The van der Waals surface area contributed by atoms with E-state index in [2.05, 4.69) is 60.7 Å². The van der Waals surface area contributed by atoms with Gasteiger partial charge in [-0.1, -0.05) is 68.6 Å². The Kier molecular flexibility index (Phi) is 4.24. The molecule has 0 saturated carbocycles. The molecule has 1 aliphatic heterocycles. The van der Waals surface area contributed by atoms with E-state index in [1.165, 1.54) is 24.0 Å². The summed E-state index contributed by atoms with van der Waals surface area (Å²) in [5.74, 6) is -0.206. The summed E-state index contributed by atoms with van der Waals surface area (Å²) in [6.45, 7) is 0. The van der Waals surface area contributed by atoms with Crippen LogP contribution in [0.2, 0.25) is 0 Å². The van der Waals surface area contributed by atoms with Gasteiger partial charge >= 0.3 is 0 Å². The Balaban J connectivity index is 1.92. The molecule has 1 N–H and O–H groups in total. The summed E-state index contributed by atoms with van der Waals surface area (Å²) < 4.78 is 0. The van der Waals surface area contributed by atoms with Crippen molar-refractivity contribution < 1.29 is 5.11 Å². The van der Waals surface area contributed by atoms with Crippen LogP contribution in [0.25, 0.3) is 0 Å². The molecule has 2 aromatic carbocycles. The molecule has 1 saturated heterocycles. The van der Waals surface area contributed by atoms with E-state index in [0.29, 0.717) is 11.3 Å². The lowest BCUT2D eigenvalue weighted by Gasteiger charge is -2.29. The molecule has 102 valence electrons. The van der Waals surface area contributed by atoms with Gasteiger partial charge in [-0.25, -0.2) is 0 Å². The van der Waals surface area contributed by atoms with Crippen LogP contribution in [0.15, 0.2) is 60.7 Å². The highest BCUT2D eigenvalue weighted by Gasteiger charge is 2.39. The average Bonchev–Trinajstić information content (AvgIpc) is 2.94. The first-order chi connectivity index (χ1) is 9.77. The molecule has 0 aliphatic carbocycles. The zero-order valence-corrected chi connectivity index (χ0v) is 12.7. The van der Waals surface area contributed by atoms with Crippen molar-refractivity contribution in [3.8, 4) is 0 Å². The van der Waals surface area contributed by atoms with Crippen molar-refractivity contribution >= 4 is 15.8 Å². The van der Waals surface area contributed by atoms with Crippen molar-refractivity contribution in [1.29, 1.82) is 0 Å². The Morgan fingerprint density at radius 1 is 0.850 bits per heavy atom. The van der Waals surface area contributed by atoms with Crippen molar-refractivity contribution in [2.24, 2.45) is 0 Å². The molecule has 1 fully saturated rings. The largest absolute Gasteiger partial charge is 0.398 e. The van der Waals surface area contributed by atoms with Gasteiger partial charge in [-0.05, 0) is 24.0 Å². The van der Waals surface area contributed by atoms with Crippen molar-refractivity contribution in [2.75, 3.05) is 0 Å². The SMILES string of the molecule is BC(O)P1[C@@H](c2ccccc2)CC[C@@H]1c1ccccc1. The van der Waals surface area contributed by atoms with E-state index < -0.39 is 7.92 Å². The van der Waals surface area contributed by atoms with E-state index in [9.17, 15) is 5.11 Å². The fourth-order valence-electron chi connectivity index (χ4n) is 3.38. The van der Waals surface area contributed by atoms with E-state index >= 15 is 0 Å². The third kappa shape index (κ3) is 2.68. The highest BCUT2D eigenvalue weighted by Crippen LogP contribution is 2.71. The minimum atomic E-state index is -0.428. The van der Waals surface area contributed by atoms with Crippen LogP contribution >= 0.6 is 7.92 Å². The molecule has 3 atom stereocenters. The van der Waals surface area contributed by atoms with Gasteiger partial charge in [-0.2, -0.15) is 0 Å². The third-order valence-electron chi connectivity index (χ3n) is 4.23. The van der Waals surface area contributed by atoms with Gasteiger partial charge in [0.2, 0.25) is 0 Å². The molecule has 20 heavy (non-hydrogen) atoms. The molecule has 1 unspecified atom stereocenters. The summed E-state index contributed by atoms with van der Waals surface area (Å²) >= 11 is 0. The standard InChI is InChI=1S/C17H20BOP/c18-17(19)20-15(13-7-3-1-4-8-13)11-12-16(20)14-9-5-2-6-10-14/h1-10,15-17,19H,11-12,18H2/t15-,16-,17?/m1/s1.